The second-order valence-corrected chi connectivity index (χ2v) is 9.82. The van der Waals surface area contributed by atoms with Gasteiger partial charge in [0.2, 0.25) is 0 Å². The zero-order valence-corrected chi connectivity index (χ0v) is 18.3. The normalized spacial score (nSPS) is 15.1. The van der Waals surface area contributed by atoms with Crippen LogP contribution in [0.1, 0.15) is 31.3 Å². The molecule has 0 unspecified atom stereocenters. The van der Waals surface area contributed by atoms with Crippen molar-refractivity contribution in [1.82, 2.24) is 14.5 Å². The van der Waals surface area contributed by atoms with Crippen LogP contribution in [-0.4, -0.2) is 45.0 Å². The van der Waals surface area contributed by atoms with Crippen LogP contribution in [-0.2, 0) is 5.54 Å². The summed E-state index contributed by atoms with van der Waals surface area (Å²) in [5, 5.41) is 0.978. The molecular weight excluding hydrogens is 409 g/mol. The Morgan fingerprint density at radius 3 is 2.55 bits per heavy atom. The second-order valence-electron chi connectivity index (χ2n) is 8.18. The molecule has 3 aromatic rings. The summed E-state index contributed by atoms with van der Waals surface area (Å²) < 4.78 is 16.1. The Bertz CT molecular complexity index is 1080. The maximum Gasteiger partial charge on any atom is 0.272 e. The fraction of sp³-hybridized carbons (Fsp3) is 0.364. The van der Waals surface area contributed by atoms with E-state index in [9.17, 15) is 9.18 Å². The predicted octanol–water partition coefficient (Wildman–Crippen LogP) is 5.44. The predicted molar refractivity (Wildman–Crippen MR) is 118 cm³/mol. The van der Waals surface area contributed by atoms with Gasteiger partial charge in [0, 0.05) is 47.3 Å². The highest BCUT2D eigenvalue weighted by atomic mass is 35.5. The van der Waals surface area contributed by atoms with Crippen molar-refractivity contribution in [1.29, 1.82) is 0 Å². The lowest BCUT2D eigenvalue weighted by Gasteiger charge is -2.26. The van der Waals surface area contributed by atoms with E-state index in [-0.39, 0.29) is 16.5 Å². The van der Waals surface area contributed by atoms with Crippen LogP contribution >= 0.6 is 23.4 Å². The minimum absolute atomic E-state index is 0.0343. The molecule has 3 heterocycles. The molecule has 29 heavy (non-hydrogen) atoms. The first-order valence-corrected chi connectivity index (χ1v) is 11.1. The van der Waals surface area contributed by atoms with Crippen molar-refractivity contribution in [3.63, 3.8) is 0 Å². The highest BCUT2D eigenvalue weighted by Gasteiger charge is 2.24. The average molecular weight is 432 g/mol. The van der Waals surface area contributed by atoms with Crippen molar-refractivity contribution < 1.29 is 9.18 Å². The summed E-state index contributed by atoms with van der Waals surface area (Å²) in [7, 11) is 0. The number of fused-ring (bicyclic) bond motifs is 1. The third-order valence-corrected chi connectivity index (χ3v) is 6.37. The Labute approximate surface area is 179 Å². The Kier molecular flexibility index (Phi) is 5.34. The summed E-state index contributed by atoms with van der Waals surface area (Å²) in [6.07, 6.45) is 1.98. The van der Waals surface area contributed by atoms with Gasteiger partial charge in [-0.1, -0.05) is 17.7 Å². The van der Waals surface area contributed by atoms with Gasteiger partial charge < -0.3 is 9.47 Å². The first kappa shape index (κ1) is 20.2. The van der Waals surface area contributed by atoms with Gasteiger partial charge in [-0.3, -0.25) is 4.79 Å². The average Bonchev–Trinajstić information content (AvgIpc) is 3.09. The number of benzene rings is 1. The van der Waals surface area contributed by atoms with Gasteiger partial charge in [0.25, 0.3) is 5.91 Å². The van der Waals surface area contributed by atoms with E-state index in [0.29, 0.717) is 5.69 Å². The van der Waals surface area contributed by atoms with Gasteiger partial charge in [-0.2, -0.15) is 11.8 Å². The fourth-order valence-electron chi connectivity index (χ4n) is 3.55. The topological polar surface area (TPSA) is 38.1 Å². The number of amides is 1. The maximum atomic E-state index is 14.1. The van der Waals surface area contributed by atoms with Crippen molar-refractivity contribution in [2.45, 2.75) is 26.3 Å². The van der Waals surface area contributed by atoms with Crippen LogP contribution in [0.25, 0.3) is 22.2 Å². The lowest BCUT2D eigenvalue weighted by molar-refractivity contribution is 0.0766. The summed E-state index contributed by atoms with van der Waals surface area (Å²) in [5.41, 5.74) is 2.51. The van der Waals surface area contributed by atoms with Gasteiger partial charge in [0.15, 0.2) is 0 Å². The number of rotatable bonds is 2. The van der Waals surface area contributed by atoms with Gasteiger partial charge in [0.05, 0.1) is 5.02 Å². The molecule has 1 aromatic carbocycles. The molecule has 1 aliphatic rings. The monoisotopic (exact) mass is 431 g/mol. The lowest BCUT2D eigenvalue weighted by Crippen LogP contribution is -2.38. The summed E-state index contributed by atoms with van der Waals surface area (Å²) in [6.45, 7) is 7.74. The van der Waals surface area contributed by atoms with Crippen LogP contribution in [0.4, 0.5) is 4.39 Å². The Balaban J connectivity index is 1.84. The maximum absolute atomic E-state index is 14.1. The Morgan fingerprint density at radius 1 is 1.17 bits per heavy atom. The standard InChI is InChI=1S/C22H23ClFN3OS/c1-22(2,3)27-13-16(14-4-6-17(23)18(24)12-14)15-5-7-19(25-20(15)27)21(28)26-8-10-29-11-9-26/h4-7,12-13H,8-11H2,1-3H3. The molecule has 1 aliphatic heterocycles. The molecule has 1 amide bonds. The zero-order valence-electron chi connectivity index (χ0n) is 16.7. The number of halogens is 2. The molecule has 152 valence electrons. The summed E-state index contributed by atoms with van der Waals surface area (Å²) in [5.74, 6) is 1.42. The van der Waals surface area contributed by atoms with Crippen molar-refractivity contribution in [3.8, 4) is 11.1 Å². The fourth-order valence-corrected chi connectivity index (χ4v) is 4.58. The number of hydrogen-bond donors (Lipinski definition) is 0. The number of nitrogens with zero attached hydrogens (tertiary/aromatic N) is 3. The Morgan fingerprint density at radius 2 is 1.90 bits per heavy atom. The largest absolute Gasteiger partial charge is 0.336 e. The SMILES string of the molecule is CC(C)(C)n1cc(-c2ccc(Cl)c(F)c2)c2ccc(C(=O)N3CCSCC3)nc21. The molecule has 0 bridgehead atoms. The van der Waals surface area contributed by atoms with E-state index in [1.54, 1.807) is 18.2 Å². The minimum Gasteiger partial charge on any atom is -0.336 e. The van der Waals surface area contributed by atoms with Crippen molar-refractivity contribution in [2.75, 3.05) is 24.6 Å². The van der Waals surface area contributed by atoms with Crippen LogP contribution in [0.2, 0.25) is 5.02 Å². The highest BCUT2D eigenvalue weighted by Crippen LogP contribution is 2.35. The van der Waals surface area contributed by atoms with E-state index in [0.717, 1.165) is 46.8 Å². The number of carbonyl (C=O) groups is 1. The summed E-state index contributed by atoms with van der Waals surface area (Å²) in [6, 6.07) is 8.49. The molecule has 0 N–H and O–H groups in total. The summed E-state index contributed by atoms with van der Waals surface area (Å²) >= 11 is 7.72. The van der Waals surface area contributed by atoms with Crippen LogP contribution in [0.5, 0.6) is 0 Å². The molecule has 0 atom stereocenters. The van der Waals surface area contributed by atoms with Crippen LogP contribution in [0.15, 0.2) is 36.5 Å². The van der Waals surface area contributed by atoms with Crippen molar-refractivity contribution >= 4 is 40.3 Å². The lowest BCUT2D eigenvalue weighted by atomic mass is 10.1. The first-order valence-electron chi connectivity index (χ1n) is 9.61. The molecule has 1 saturated heterocycles. The molecule has 0 radical (unpaired) electrons. The number of carbonyl (C=O) groups excluding carboxylic acids is 1. The molecule has 4 rings (SSSR count). The third kappa shape index (κ3) is 3.88. The third-order valence-electron chi connectivity index (χ3n) is 5.12. The number of thioether (sulfide) groups is 1. The van der Waals surface area contributed by atoms with Crippen molar-refractivity contribution in [2.24, 2.45) is 0 Å². The van der Waals surface area contributed by atoms with Crippen molar-refractivity contribution in [3.05, 3.63) is 53.1 Å². The molecule has 7 heteroatoms. The van der Waals surface area contributed by atoms with E-state index >= 15 is 0 Å². The Hall–Kier alpha value is -2.05. The number of hydrogen-bond acceptors (Lipinski definition) is 3. The highest BCUT2D eigenvalue weighted by molar-refractivity contribution is 7.99. The van der Waals surface area contributed by atoms with Gasteiger partial charge in [-0.25, -0.2) is 9.37 Å². The quantitative estimate of drug-likeness (QED) is 0.542. The van der Waals surface area contributed by atoms with Crippen LogP contribution in [0.3, 0.4) is 0 Å². The van der Waals surface area contributed by atoms with Crippen LogP contribution < -0.4 is 0 Å². The van der Waals surface area contributed by atoms with Crippen LogP contribution in [0, 0.1) is 5.82 Å². The number of pyridine rings is 1. The molecule has 0 aliphatic carbocycles. The zero-order chi connectivity index (χ0) is 20.8. The van der Waals surface area contributed by atoms with Gasteiger partial charge >= 0.3 is 0 Å². The second kappa shape index (κ2) is 7.65. The van der Waals surface area contributed by atoms with E-state index in [1.807, 2.05) is 33.5 Å². The molecule has 0 spiro atoms. The molecular formula is C22H23ClFN3OS. The van der Waals surface area contributed by atoms with E-state index in [2.05, 4.69) is 20.8 Å². The van der Waals surface area contributed by atoms with E-state index in [4.69, 9.17) is 16.6 Å². The van der Waals surface area contributed by atoms with Gasteiger partial charge in [-0.05, 0) is 50.6 Å². The van der Waals surface area contributed by atoms with Gasteiger partial charge in [0.1, 0.15) is 17.2 Å². The number of aromatic nitrogens is 2. The molecule has 2 aromatic heterocycles. The first-order chi connectivity index (χ1) is 13.8. The molecule has 4 nitrogen and oxygen atoms in total. The smallest absolute Gasteiger partial charge is 0.272 e. The molecule has 0 saturated carbocycles. The van der Waals surface area contributed by atoms with E-state index < -0.39 is 5.82 Å². The minimum atomic E-state index is -0.455. The van der Waals surface area contributed by atoms with Gasteiger partial charge in [-0.15, -0.1) is 0 Å². The summed E-state index contributed by atoms with van der Waals surface area (Å²) in [4.78, 5) is 19.6. The van der Waals surface area contributed by atoms with E-state index in [1.165, 1.54) is 6.07 Å². The molecule has 1 fully saturated rings.